The molecule has 1 amide bonds. The van der Waals surface area contributed by atoms with E-state index in [-0.39, 0.29) is 5.41 Å². The summed E-state index contributed by atoms with van der Waals surface area (Å²) in [5.74, 6) is 0. The predicted molar refractivity (Wildman–Crippen MR) is 154 cm³/mol. The summed E-state index contributed by atoms with van der Waals surface area (Å²) in [7, 11) is 3.77. The third-order valence-electron chi connectivity index (χ3n) is 7.26. The van der Waals surface area contributed by atoms with Crippen molar-refractivity contribution in [2.75, 3.05) is 20.1 Å². The Morgan fingerprint density at radius 1 is 1.24 bits per heavy atom. The highest BCUT2D eigenvalue weighted by atomic mass is 32.2. The van der Waals surface area contributed by atoms with Crippen molar-refractivity contribution in [1.29, 1.82) is 0 Å². The molecule has 0 radical (unpaired) electrons. The van der Waals surface area contributed by atoms with Crippen LogP contribution in [0, 0.1) is 6.92 Å². The molecule has 0 N–H and O–H groups in total. The number of carbonyl (C=O) groups is 1. The summed E-state index contributed by atoms with van der Waals surface area (Å²) in [5, 5.41) is 6.83. The third kappa shape index (κ3) is 5.19. The zero-order valence-corrected chi connectivity index (χ0v) is 23.2. The molecule has 0 aliphatic carbocycles. The monoisotopic (exact) mass is 526 g/mol. The molecule has 1 aliphatic rings. The second kappa shape index (κ2) is 11.0. The summed E-state index contributed by atoms with van der Waals surface area (Å²) in [5.41, 5.74) is 5.81. The maximum Gasteiger partial charge on any atom is 0.213 e. The number of hydrogen-bond acceptors (Lipinski definition) is 5. The topological polar surface area (TPSA) is 59.2 Å². The van der Waals surface area contributed by atoms with Crippen molar-refractivity contribution in [2.45, 2.75) is 37.3 Å². The van der Waals surface area contributed by atoms with Gasteiger partial charge in [-0.2, -0.15) is 5.10 Å². The average molecular weight is 527 g/mol. The summed E-state index contributed by atoms with van der Waals surface area (Å²) in [6.07, 6.45) is 14.3. The Bertz CT molecular complexity index is 1490. The highest BCUT2D eigenvalue weighted by molar-refractivity contribution is 7.96. The molecule has 0 bridgehead atoms. The van der Waals surface area contributed by atoms with Gasteiger partial charge in [0.15, 0.2) is 5.16 Å². The molecule has 1 atom stereocenters. The van der Waals surface area contributed by atoms with Crippen LogP contribution in [0.2, 0.25) is 0 Å². The average Bonchev–Trinajstić information content (AvgIpc) is 3.63. The number of allylic oxidation sites excluding steroid dienone is 3. The maximum atomic E-state index is 11.3. The number of rotatable bonds is 9. The molecular weight excluding hydrogens is 492 g/mol. The molecule has 38 heavy (non-hydrogen) atoms. The molecule has 1 fully saturated rings. The molecule has 196 valence electrons. The van der Waals surface area contributed by atoms with Gasteiger partial charge in [0.2, 0.25) is 6.41 Å². The lowest BCUT2D eigenvalue weighted by atomic mass is 9.73. The summed E-state index contributed by atoms with van der Waals surface area (Å²) < 4.78 is 6.44. The van der Waals surface area contributed by atoms with Crippen LogP contribution in [0.25, 0.3) is 16.6 Å². The number of amides is 1. The van der Waals surface area contributed by atoms with Gasteiger partial charge < -0.3 is 9.47 Å². The Morgan fingerprint density at radius 2 is 2.05 bits per heavy atom. The van der Waals surface area contributed by atoms with Crippen molar-refractivity contribution in [3.8, 4) is 0 Å². The van der Waals surface area contributed by atoms with Crippen LogP contribution < -0.4 is 0 Å². The van der Waals surface area contributed by atoms with E-state index in [1.807, 2.05) is 49.4 Å². The summed E-state index contributed by atoms with van der Waals surface area (Å²) in [4.78, 5) is 17.3. The van der Waals surface area contributed by atoms with E-state index in [2.05, 4.69) is 63.2 Å². The van der Waals surface area contributed by atoms with Crippen LogP contribution in [0.1, 0.15) is 30.0 Å². The number of benzene rings is 2. The number of hydrogen-bond donors (Lipinski definition) is 0. The Labute approximate surface area is 228 Å². The van der Waals surface area contributed by atoms with Crippen LogP contribution in [0.5, 0.6) is 0 Å². The summed E-state index contributed by atoms with van der Waals surface area (Å²) >= 11 is 1.74. The first-order chi connectivity index (χ1) is 18.4. The number of imidazole rings is 1. The highest BCUT2D eigenvalue weighted by Crippen LogP contribution is 2.43. The third-order valence-corrected chi connectivity index (χ3v) is 8.39. The number of fused-ring (bicyclic) bond motifs is 1. The highest BCUT2D eigenvalue weighted by Gasteiger charge is 2.41. The first-order valence-corrected chi connectivity index (χ1v) is 13.6. The maximum absolute atomic E-state index is 11.3. The van der Waals surface area contributed by atoms with Crippen LogP contribution in [0.15, 0.2) is 84.6 Å². The van der Waals surface area contributed by atoms with Crippen molar-refractivity contribution >= 4 is 35.0 Å². The molecule has 7 nitrogen and oxygen atoms in total. The minimum Gasteiger partial charge on any atom is -0.328 e. The van der Waals surface area contributed by atoms with E-state index in [9.17, 15) is 4.79 Å². The zero-order valence-electron chi connectivity index (χ0n) is 22.4. The van der Waals surface area contributed by atoms with Crippen molar-refractivity contribution in [2.24, 2.45) is 7.05 Å². The van der Waals surface area contributed by atoms with E-state index in [1.165, 1.54) is 21.6 Å². The van der Waals surface area contributed by atoms with Gasteiger partial charge in [-0.15, -0.1) is 0 Å². The van der Waals surface area contributed by atoms with Crippen molar-refractivity contribution in [1.82, 2.24) is 28.5 Å². The Balaban J connectivity index is 1.56. The van der Waals surface area contributed by atoms with Crippen LogP contribution in [0.4, 0.5) is 0 Å². The van der Waals surface area contributed by atoms with E-state index in [0.717, 1.165) is 54.1 Å². The second-order valence-corrected chi connectivity index (χ2v) is 11.1. The number of aromatic nitrogens is 4. The molecule has 0 spiro atoms. The number of nitrogens with zero attached hydrogens (tertiary/aromatic N) is 6. The second-order valence-electron chi connectivity index (χ2n) is 10.1. The SMILES string of the molecule is C/C=C\C(=C/N(C)C=O)n1ncc2cc(C3(Cc4ccccc4)CCN(Sc4nccn4C)C3)c(C)cc21. The fourth-order valence-electron chi connectivity index (χ4n) is 5.45. The van der Waals surface area contributed by atoms with Gasteiger partial charge in [0, 0.05) is 56.6 Å². The largest absolute Gasteiger partial charge is 0.328 e. The van der Waals surface area contributed by atoms with Gasteiger partial charge in [-0.1, -0.05) is 36.4 Å². The van der Waals surface area contributed by atoms with Gasteiger partial charge in [-0.05, 0) is 73.5 Å². The van der Waals surface area contributed by atoms with E-state index in [1.54, 1.807) is 25.2 Å². The molecule has 2 aromatic heterocycles. The lowest BCUT2D eigenvalue weighted by Crippen LogP contribution is -2.32. The van der Waals surface area contributed by atoms with Crippen molar-refractivity contribution < 1.29 is 4.79 Å². The van der Waals surface area contributed by atoms with Crippen molar-refractivity contribution in [3.63, 3.8) is 0 Å². The normalized spacial score (nSPS) is 18.6. The van der Waals surface area contributed by atoms with Gasteiger partial charge in [0.05, 0.1) is 17.4 Å². The fourth-order valence-corrected chi connectivity index (χ4v) is 6.47. The molecular formula is C30H34N6OS. The van der Waals surface area contributed by atoms with Crippen LogP contribution in [-0.2, 0) is 23.7 Å². The van der Waals surface area contributed by atoms with Gasteiger partial charge in [0.1, 0.15) is 0 Å². The zero-order chi connectivity index (χ0) is 26.7. The standard InChI is InChI=1S/C30H34N6OS/c1-5-9-26(20-33(3)22-37)36-28-16-23(2)27(17-25(28)19-32-36)30(18-24-10-7-6-8-11-24)12-14-35(21-30)38-29-31-13-15-34(29)4/h5-11,13,15-17,19-20,22H,12,14,18,21H2,1-4H3/b9-5-,26-20+. The van der Waals surface area contributed by atoms with E-state index in [4.69, 9.17) is 5.10 Å². The summed E-state index contributed by atoms with van der Waals surface area (Å²) in [6.45, 7) is 6.11. The molecule has 2 aromatic carbocycles. The van der Waals surface area contributed by atoms with E-state index < -0.39 is 0 Å². The molecule has 3 heterocycles. The minimum absolute atomic E-state index is 0.0282. The first-order valence-electron chi connectivity index (χ1n) is 12.9. The molecule has 1 aliphatic heterocycles. The Kier molecular flexibility index (Phi) is 7.53. The van der Waals surface area contributed by atoms with Crippen LogP contribution in [0.3, 0.4) is 0 Å². The Hall–Kier alpha value is -3.62. The minimum atomic E-state index is -0.0282. The molecule has 1 saturated heterocycles. The van der Waals surface area contributed by atoms with Gasteiger partial charge in [-0.25, -0.2) is 14.0 Å². The lowest BCUT2D eigenvalue weighted by molar-refractivity contribution is -0.114. The van der Waals surface area contributed by atoms with Crippen molar-refractivity contribution in [3.05, 3.63) is 96.1 Å². The quantitative estimate of drug-likeness (QED) is 0.165. The van der Waals surface area contributed by atoms with Crippen LogP contribution in [-0.4, -0.2) is 55.1 Å². The molecule has 8 heteroatoms. The Morgan fingerprint density at radius 3 is 2.76 bits per heavy atom. The number of aryl methyl sites for hydroxylation is 2. The summed E-state index contributed by atoms with van der Waals surface area (Å²) in [6, 6.07) is 15.4. The van der Waals surface area contributed by atoms with Gasteiger partial charge in [0.25, 0.3) is 0 Å². The van der Waals surface area contributed by atoms with Gasteiger partial charge in [-0.3, -0.25) is 4.79 Å². The number of carbonyl (C=O) groups excluding carboxylic acids is 1. The van der Waals surface area contributed by atoms with E-state index in [0.29, 0.717) is 0 Å². The van der Waals surface area contributed by atoms with Crippen LogP contribution >= 0.6 is 11.9 Å². The fraction of sp³-hybridized carbons (Fsp3) is 0.300. The molecule has 5 rings (SSSR count). The predicted octanol–water partition coefficient (Wildman–Crippen LogP) is 5.43. The van der Waals surface area contributed by atoms with E-state index >= 15 is 0 Å². The smallest absolute Gasteiger partial charge is 0.213 e. The lowest BCUT2D eigenvalue weighted by Gasteiger charge is -2.32. The molecule has 1 unspecified atom stereocenters. The first kappa shape index (κ1) is 26.0. The molecule has 4 aromatic rings. The molecule has 0 saturated carbocycles. The van der Waals surface area contributed by atoms with Gasteiger partial charge >= 0.3 is 0 Å².